The van der Waals surface area contributed by atoms with Crippen molar-refractivity contribution >= 4 is 11.7 Å². The van der Waals surface area contributed by atoms with Gasteiger partial charge in [-0.15, -0.1) is 0 Å². The lowest BCUT2D eigenvalue weighted by molar-refractivity contribution is -0.136. The summed E-state index contributed by atoms with van der Waals surface area (Å²) in [4.78, 5) is 12.5. The van der Waals surface area contributed by atoms with Gasteiger partial charge in [-0.3, -0.25) is 0 Å². The smallest absolute Gasteiger partial charge is 0.338 e. The molecule has 0 saturated heterocycles. The third-order valence-corrected chi connectivity index (χ3v) is 4.36. The zero-order valence-electron chi connectivity index (χ0n) is 14.7. The van der Waals surface area contributed by atoms with Crippen molar-refractivity contribution in [1.82, 2.24) is 0 Å². The van der Waals surface area contributed by atoms with Crippen molar-refractivity contribution in [2.45, 2.75) is 19.3 Å². The van der Waals surface area contributed by atoms with Crippen LogP contribution in [-0.4, -0.2) is 13.1 Å². The lowest BCUT2D eigenvalue weighted by atomic mass is 9.81. The van der Waals surface area contributed by atoms with Gasteiger partial charge in [-0.2, -0.15) is 5.26 Å². The number of rotatable bonds is 4. The van der Waals surface area contributed by atoms with Crippen LogP contribution >= 0.6 is 0 Å². The summed E-state index contributed by atoms with van der Waals surface area (Å²) >= 11 is 0. The van der Waals surface area contributed by atoms with Crippen molar-refractivity contribution < 1.29 is 14.3 Å². The van der Waals surface area contributed by atoms with E-state index in [9.17, 15) is 10.1 Å². The highest BCUT2D eigenvalue weighted by atomic mass is 16.5. The molecule has 0 saturated carbocycles. The van der Waals surface area contributed by atoms with E-state index in [4.69, 9.17) is 9.47 Å². The molecular formula is C22H19NO3. The molecule has 0 fully saturated rings. The van der Waals surface area contributed by atoms with Gasteiger partial charge in [-0.1, -0.05) is 67.6 Å². The van der Waals surface area contributed by atoms with Crippen molar-refractivity contribution in [3.63, 3.8) is 0 Å². The van der Waals surface area contributed by atoms with Gasteiger partial charge in [0.25, 0.3) is 0 Å². The SMILES string of the molecule is CCC1=C(C(=O)OC)C(c2ccccc2)C(C#N)=C(c2ccccc2)O1. The molecule has 0 N–H and O–H groups in total. The van der Waals surface area contributed by atoms with E-state index in [2.05, 4.69) is 6.07 Å². The highest BCUT2D eigenvalue weighted by Crippen LogP contribution is 2.44. The van der Waals surface area contributed by atoms with E-state index in [0.29, 0.717) is 29.1 Å². The molecule has 1 aliphatic heterocycles. The Morgan fingerprint density at radius 1 is 1.12 bits per heavy atom. The minimum Gasteiger partial charge on any atom is -0.466 e. The van der Waals surface area contributed by atoms with Crippen LogP contribution in [0, 0.1) is 11.3 Å². The zero-order valence-corrected chi connectivity index (χ0v) is 14.7. The average Bonchev–Trinajstić information content (AvgIpc) is 2.72. The number of allylic oxidation sites excluding steroid dienone is 2. The average molecular weight is 345 g/mol. The lowest BCUT2D eigenvalue weighted by Crippen LogP contribution is -2.23. The summed E-state index contributed by atoms with van der Waals surface area (Å²) in [6, 6.07) is 21.2. The second kappa shape index (κ2) is 7.71. The topological polar surface area (TPSA) is 59.3 Å². The lowest BCUT2D eigenvalue weighted by Gasteiger charge is -2.29. The van der Waals surface area contributed by atoms with E-state index in [0.717, 1.165) is 11.1 Å². The van der Waals surface area contributed by atoms with Crippen LogP contribution < -0.4 is 0 Å². The fourth-order valence-electron chi connectivity index (χ4n) is 3.17. The van der Waals surface area contributed by atoms with Crippen LogP contribution in [0.5, 0.6) is 0 Å². The number of hydrogen-bond acceptors (Lipinski definition) is 4. The molecule has 1 heterocycles. The number of ether oxygens (including phenoxy) is 2. The molecule has 0 bridgehead atoms. The third kappa shape index (κ3) is 3.12. The van der Waals surface area contributed by atoms with Gasteiger partial charge in [0.1, 0.15) is 11.5 Å². The molecule has 1 atom stereocenters. The maximum atomic E-state index is 12.5. The van der Waals surface area contributed by atoms with Crippen molar-refractivity contribution in [3.8, 4) is 6.07 Å². The monoisotopic (exact) mass is 345 g/mol. The van der Waals surface area contributed by atoms with Crippen LogP contribution in [0.1, 0.15) is 30.4 Å². The summed E-state index contributed by atoms with van der Waals surface area (Å²) in [5, 5.41) is 9.92. The molecule has 1 aliphatic rings. The Labute approximate surface area is 153 Å². The molecule has 0 spiro atoms. The first-order valence-corrected chi connectivity index (χ1v) is 8.45. The Morgan fingerprint density at radius 2 is 1.73 bits per heavy atom. The number of benzene rings is 2. The number of carbonyl (C=O) groups excluding carboxylic acids is 1. The maximum absolute atomic E-state index is 12.5. The first-order chi connectivity index (χ1) is 12.7. The van der Waals surface area contributed by atoms with Gasteiger partial charge in [-0.05, 0) is 5.56 Å². The van der Waals surface area contributed by atoms with Gasteiger partial charge in [-0.25, -0.2) is 4.79 Å². The summed E-state index contributed by atoms with van der Waals surface area (Å²) in [6.45, 7) is 1.92. The number of esters is 1. The van der Waals surface area contributed by atoms with Crippen LogP contribution in [-0.2, 0) is 14.3 Å². The van der Waals surface area contributed by atoms with E-state index in [1.165, 1.54) is 7.11 Å². The molecule has 0 amide bonds. The highest BCUT2D eigenvalue weighted by molar-refractivity contribution is 5.94. The molecule has 0 aromatic heterocycles. The first-order valence-electron chi connectivity index (χ1n) is 8.45. The normalized spacial score (nSPS) is 16.7. The Kier molecular flexibility index (Phi) is 5.19. The van der Waals surface area contributed by atoms with Crippen molar-refractivity contribution in [2.24, 2.45) is 0 Å². The highest BCUT2D eigenvalue weighted by Gasteiger charge is 2.37. The standard InChI is InChI=1S/C22H19NO3/c1-3-18-20(22(24)25-2)19(15-10-6-4-7-11-15)17(14-23)21(26-18)16-12-8-5-9-13-16/h4-13,19H,3H2,1-2H3. The van der Waals surface area contributed by atoms with E-state index >= 15 is 0 Å². The van der Waals surface area contributed by atoms with E-state index in [1.807, 2.05) is 67.6 Å². The third-order valence-electron chi connectivity index (χ3n) is 4.36. The molecule has 2 aromatic rings. The van der Waals surface area contributed by atoms with Crippen molar-refractivity contribution in [3.05, 3.63) is 88.7 Å². The van der Waals surface area contributed by atoms with Crippen LogP contribution in [0.15, 0.2) is 77.6 Å². The van der Waals surface area contributed by atoms with E-state index in [-0.39, 0.29) is 0 Å². The molecule has 4 heteroatoms. The van der Waals surface area contributed by atoms with Gasteiger partial charge < -0.3 is 9.47 Å². The molecule has 130 valence electrons. The van der Waals surface area contributed by atoms with Gasteiger partial charge in [0.2, 0.25) is 0 Å². The first kappa shape index (κ1) is 17.5. The Hall–Kier alpha value is -3.32. The molecule has 4 nitrogen and oxygen atoms in total. The minimum atomic E-state index is -0.521. The fraction of sp³-hybridized carbons (Fsp3) is 0.182. The maximum Gasteiger partial charge on any atom is 0.338 e. The van der Waals surface area contributed by atoms with Crippen molar-refractivity contribution in [1.29, 1.82) is 5.26 Å². The molecule has 26 heavy (non-hydrogen) atoms. The Bertz CT molecular complexity index is 905. The number of hydrogen-bond donors (Lipinski definition) is 0. The minimum absolute atomic E-state index is 0.387. The second-order valence-electron chi connectivity index (χ2n) is 5.85. The zero-order chi connectivity index (χ0) is 18.5. The molecule has 0 aliphatic carbocycles. The summed E-state index contributed by atoms with van der Waals surface area (Å²) in [6.07, 6.45) is 0.517. The summed E-state index contributed by atoms with van der Waals surface area (Å²) < 4.78 is 11.0. The van der Waals surface area contributed by atoms with E-state index in [1.54, 1.807) is 0 Å². The predicted molar refractivity (Wildman–Crippen MR) is 98.6 cm³/mol. The number of methoxy groups -OCH3 is 1. The summed E-state index contributed by atoms with van der Waals surface area (Å²) in [5.74, 6) is 0.0260. The largest absolute Gasteiger partial charge is 0.466 e. The number of nitrogens with zero attached hydrogens (tertiary/aromatic N) is 1. The van der Waals surface area contributed by atoms with E-state index < -0.39 is 11.9 Å². The Balaban J connectivity index is 2.27. The molecule has 1 unspecified atom stereocenters. The number of nitriles is 1. The molecular weight excluding hydrogens is 326 g/mol. The van der Waals surface area contributed by atoms with Crippen LogP contribution in [0.25, 0.3) is 5.76 Å². The quantitative estimate of drug-likeness (QED) is 0.762. The fourth-order valence-corrected chi connectivity index (χ4v) is 3.17. The molecule has 3 rings (SSSR count). The van der Waals surface area contributed by atoms with Crippen LogP contribution in [0.3, 0.4) is 0 Å². The van der Waals surface area contributed by atoms with Crippen LogP contribution in [0.2, 0.25) is 0 Å². The van der Waals surface area contributed by atoms with Gasteiger partial charge in [0.05, 0.1) is 30.2 Å². The predicted octanol–water partition coefficient (Wildman–Crippen LogP) is 4.57. The second-order valence-corrected chi connectivity index (χ2v) is 5.85. The molecule has 0 radical (unpaired) electrons. The van der Waals surface area contributed by atoms with Gasteiger partial charge >= 0.3 is 5.97 Å². The van der Waals surface area contributed by atoms with Crippen molar-refractivity contribution in [2.75, 3.05) is 7.11 Å². The number of carbonyl (C=O) groups is 1. The van der Waals surface area contributed by atoms with Crippen LogP contribution in [0.4, 0.5) is 0 Å². The van der Waals surface area contributed by atoms with Gasteiger partial charge in [0, 0.05) is 12.0 Å². The molecule has 2 aromatic carbocycles. The summed E-state index contributed by atoms with van der Waals surface area (Å²) in [7, 11) is 1.34. The summed E-state index contributed by atoms with van der Waals surface area (Å²) in [5.41, 5.74) is 2.45. The van der Waals surface area contributed by atoms with Gasteiger partial charge in [0.15, 0.2) is 0 Å². The Morgan fingerprint density at radius 3 is 2.27 bits per heavy atom.